The molecule has 0 amide bonds. The summed E-state index contributed by atoms with van der Waals surface area (Å²) >= 11 is 0. The van der Waals surface area contributed by atoms with Crippen molar-refractivity contribution in [3.63, 3.8) is 0 Å². The van der Waals surface area contributed by atoms with E-state index in [4.69, 9.17) is 18.8 Å². The number of phosphoric acid groups is 2. The number of hydrogen-bond acceptors (Lipinski definition) is 4. The van der Waals surface area contributed by atoms with Crippen LogP contribution < -0.4 is 0 Å². The molecule has 0 saturated heterocycles. The Morgan fingerprint density at radius 3 is 2.50 bits per heavy atom. The Morgan fingerprint density at radius 2 is 2.07 bits per heavy atom. The van der Waals surface area contributed by atoms with Crippen molar-refractivity contribution in [3.05, 3.63) is 11.6 Å². The Bertz CT molecular complexity index is 383. The van der Waals surface area contributed by atoms with E-state index in [1.165, 1.54) is 6.92 Å². The quantitative estimate of drug-likeness (QED) is 0.495. The Kier molecular flexibility index (Phi) is 3.42. The number of allylic oxidation sites excluding steroid dienone is 1. The van der Waals surface area contributed by atoms with E-state index in [-0.39, 0.29) is 5.57 Å². The van der Waals surface area contributed by atoms with Crippen molar-refractivity contribution in [2.45, 2.75) is 13.8 Å². The molecule has 0 aliphatic carbocycles. The van der Waals surface area contributed by atoms with Gasteiger partial charge in [-0.2, -0.15) is 4.31 Å². The van der Waals surface area contributed by atoms with Gasteiger partial charge in [0, 0.05) is 4.11 Å². The van der Waals surface area contributed by atoms with E-state index < -0.39 is 29.1 Å². The summed E-state index contributed by atoms with van der Waals surface area (Å²) in [5.41, 5.74) is -0.0892. The van der Waals surface area contributed by atoms with Gasteiger partial charge in [-0.05, 0) is 13.8 Å². The number of rotatable bonds is 5. The second-order valence-corrected chi connectivity index (χ2v) is 5.05. The van der Waals surface area contributed by atoms with Crippen molar-refractivity contribution in [2.75, 3.05) is 6.61 Å². The van der Waals surface area contributed by atoms with Gasteiger partial charge in [0.05, 0.1) is 6.61 Å². The smallest absolute Gasteiger partial charge is 0.302 e. The zero-order valence-electron chi connectivity index (χ0n) is 10.2. The van der Waals surface area contributed by atoms with E-state index in [1.807, 2.05) is 0 Å². The summed E-state index contributed by atoms with van der Waals surface area (Å²) in [7, 11) is -10.1. The fraction of sp³-hybridized carbons (Fsp3) is 0.600. The van der Waals surface area contributed by atoms with Gasteiger partial charge in [0.25, 0.3) is 0 Å². The molecule has 7 nitrogen and oxygen atoms in total. The van der Waals surface area contributed by atoms with Gasteiger partial charge in [0.2, 0.25) is 0 Å². The monoisotopic (exact) mass is 249 g/mol. The molecule has 1 atom stereocenters. The Balaban J connectivity index is 4.40. The van der Waals surface area contributed by atoms with Gasteiger partial charge < -0.3 is 14.7 Å². The minimum Gasteiger partial charge on any atom is -0.302 e. The zero-order chi connectivity index (χ0) is 13.9. The largest absolute Gasteiger partial charge is 0.481 e. The molecule has 0 aromatic carbocycles. The highest BCUT2D eigenvalue weighted by Gasteiger charge is 2.31. The molecule has 0 radical (unpaired) electrons. The van der Waals surface area contributed by atoms with Crippen LogP contribution in [0.3, 0.4) is 0 Å². The van der Waals surface area contributed by atoms with Crippen molar-refractivity contribution in [1.29, 1.82) is 0 Å². The van der Waals surface area contributed by atoms with Crippen LogP contribution in [0, 0.1) is 0 Å². The number of hydrogen-bond donors (Lipinski definition) is 3. The zero-order valence-corrected chi connectivity index (χ0v) is 8.94. The van der Waals surface area contributed by atoms with Crippen LogP contribution in [-0.2, 0) is 18.0 Å². The summed E-state index contributed by atoms with van der Waals surface area (Å²) in [4.78, 5) is 25.3. The maximum absolute atomic E-state index is 10.9. The van der Waals surface area contributed by atoms with Crippen LogP contribution in [0.1, 0.15) is 17.9 Å². The van der Waals surface area contributed by atoms with Crippen LogP contribution in [0.2, 0.25) is 0 Å². The third kappa shape index (κ3) is 8.59. The van der Waals surface area contributed by atoms with Crippen LogP contribution in [0.5, 0.6) is 0 Å². The van der Waals surface area contributed by atoms with Crippen molar-refractivity contribution in [1.82, 2.24) is 0 Å². The average molecular weight is 249 g/mol. The molecule has 0 bridgehead atoms. The molecule has 0 saturated carbocycles. The molecule has 0 aliphatic heterocycles. The summed E-state index contributed by atoms with van der Waals surface area (Å²) in [5, 5.41) is 0. The molecular weight excluding hydrogens is 234 g/mol. The fourth-order valence-electron chi connectivity index (χ4n) is 0.414. The summed E-state index contributed by atoms with van der Waals surface area (Å²) in [6.45, 7) is -1.74. The van der Waals surface area contributed by atoms with E-state index in [0.29, 0.717) is 0 Å². The summed E-state index contributed by atoms with van der Waals surface area (Å²) in [6, 6.07) is 0. The molecule has 0 heterocycles. The van der Waals surface area contributed by atoms with E-state index in [0.717, 1.165) is 6.08 Å². The lowest BCUT2D eigenvalue weighted by molar-refractivity contribution is 0.191. The maximum atomic E-state index is 10.9. The molecule has 1 unspecified atom stereocenters. The first-order valence-corrected chi connectivity index (χ1v) is 6.27. The van der Waals surface area contributed by atoms with Crippen molar-refractivity contribution < 1.29 is 36.8 Å². The number of phosphoric ester groups is 1. The first kappa shape index (κ1) is 9.24. The van der Waals surface area contributed by atoms with E-state index in [9.17, 15) is 9.13 Å². The molecule has 0 aromatic heterocycles. The molecule has 0 fully saturated rings. The highest BCUT2D eigenvalue weighted by Crippen LogP contribution is 2.57. The topological polar surface area (TPSA) is 113 Å². The van der Waals surface area contributed by atoms with Crippen LogP contribution in [0.4, 0.5) is 0 Å². The molecule has 9 heteroatoms. The van der Waals surface area contributed by atoms with Crippen LogP contribution >= 0.6 is 15.6 Å². The molecule has 0 spiro atoms. The van der Waals surface area contributed by atoms with Crippen LogP contribution in [-0.4, -0.2) is 21.3 Å². The van der Waals surface area contributed by atoms with Crippen molar-refractivity contribution >= 4 is 15.6 Å². The van der Waals surface area contributed by atoms with Crippen LogP contribution in [0.15, 0.2) is 11.6 Å². The third-order valence-electron chi connectivity index (χ3n) is 0.837. The molecule has 0 aliphatic rings. The lowest BCUT2D eigenvalue weighted by Gasteiger charge is -2.10. The van der Waals surface area contributed by atoms with Crippen molar-refractivity contribution in [3.8, 4) is 0 Å². The van der Waals surface area contributed by atoms with Crippen LogP contribution in [0.25, 0.3) is 0 Å². The molecule has 84 valence electrons. The van der Waals surface area contributed by atoms with E-state index in [1.54, 1.807) is 0 Å². The maximum Gasteiger partial charge on any atom is 0.481 e. The lowest BCUT2D eigenvalue weighted by atomic mass is 10.3. The average Bonchev–Trinajstić information content (AvgIpc) is 1.96. The second-order valence-electron chi connectivity index (χ2n) is 2.22. The third-order valence-corrected chi connectivity index (χ3v) is 2.99. The van der Waals surface area contributed by atoms with E-state index >= 15 is 0 Å². The molecular formula is C5H12O7P2. The van der Waals surface area contributed by atoms with E-state index in [2.05, 4.69) is 8.83 Å². The predicted molar refractivity (Wildman–Crippen MR) is 48.3 cm³/mol. The van der Waals surface area contributed by atoms with Gasteiger partial charge in [-0.1, -0.05) is 11.6 Å². The van der Waals surface area contributed by atoms with Gasteiger partial charge >= 0.3 is 15.6 Å². The second kappa shape index (κ2) is 5.19. The van der Waals surface area contributed by atoms with Gasteiger partial charge in [0.15, 0.2) is 0 Å². The molecule has 0 rings (SSSR count). The lowest BCUT2D eigenvalue weighted by Crippen LogP contribution is -1.94. The van der Waals surface area contributed by atoms with Crippen molar-refractivity contribution in [2.24, 2.45) is 0 Å². The highest BCUT2D eigenvalue weighted by molar-refractivity contribution is 7.60. The molecule has 0 aromatic rings. The Morgan fingerprint density at radius 1 is 1.50 bits per heavy atom. The minimum absolute atomic E-state index is 0.0892. The SMILES string of the molecule is [2H]C([2H])([2H])/C(C)=C\COP(=O)(O)OP(=O)(O)O. The first-order chi connectivity index (χ1) is 7.33. The predicted octanol–water partition coefficient (Wildman–Crippen LogP) is 1.18. The highest BCUT2D eigenvalue weighted by atomic mass is 31.3. The van der Waals surface area contributed by atoms with Gasteiger partial charge in [0.1, 0.15) is 0 Å². The standard InChI is InChI=1S/C5H12O7P2/c1-5(2)3-4-11-14(9,10)12-13(6,7)8/h3H,4H2,1-2H3,(H,9,10)(H2,6,7,8)/i1D3/b5-3+. The van der Waals surface area contributed by atoms with Gasteiger partial charge in [-0.3, -0.25) is 4.52 Å². The molecule has 14 heavy (non-hydrogen) atoms. The van der Waals surface area contributed by atoms with Gasteiger partial charge in [-0.25, -0.2) is 9.13 Å². The fourth-order valence-corrected chi connectivity index (χ4v) is 1.94. The molecule has 3 N–H and O–H groups in total. The summed E-state index contributed by atoms with van der Waals surface area (Å²) in [6.07, 6.45) is 0.985. The minimum atomic E-state index is -5.15. The Hall–Kier alpha value is -0.0000000000000000416. The van der Waals surface area contributed by atoms with Gasteiger partial charge in [-0.15, -0.1) is 0 Å². The Labute approximate surface area is 85.4 Å². The normalized spacial score (nSPS) is 22.0. The summed E-state index contributed by atoms with van der Waals surface area (Å²) in [5.74, 6) is 0. The summed E-state index contributed by atoms with van der Waals surface area (Å²) < 4.78 is 49.6. The first-order valence-electron chi connectivity index (χ1n) is 4.75.